The molecule has 0 rings (SSSR count). The van der Waals surface area contributed by atoms with Crippen molar-refractivity contribution in [3.63, 3.8) is 0 Å². The Morgan fingerprint density at radius 2 is 0.351 bits per heavy atom. The van der Waals surface area contributed by atoms with Gasteiger partial charge in [-0.05, 0) is 19.3 Å². The van der Waals surface area contributed by atoms with Crippen molar-refractivity contribution in [3.8, 4) is 0 Å². The van der Waals surface area contributed by atoms with E-state index in [1.54, 1.807) is 0 Å². The van der Waals surface area contributed by atoms with Crippen molar-refractivity contribution in [2.75, 3.05) is 13.2 Å². The van der Waals surface area contributed by atoms with Crippen molar-refractivity contribution in [2.45, 2.75) is 425 Å². The lowest BCUT2D eigenvalue weighted by Gasteiger charge is -2.18. The predicted molar refractivity (Wildman–Crippen MR) is 335 cm³/mol. The Labute approximate surface area is 482 Å². The van der Waals surface area contributed by atoms with Crippen molar-refractivity contribution in [3.05, 3.63) is 0 Å². The fourth-order valence-corrected chi connectivity index (χ4v) is 11.3. The minimum absolute atomic E-state index is 0.0603. The van der Waals surface area contributed by atoms with Crippen LogP contribution in [0.2, 0.25) is 0 Å². The van der Waals surface area contributed by atoms with Crippen LogP contribution in [-0.2, 0) is 28.6 Å². The third-order valence-electron chi connectivity index (χ3n) is 16.6. The third-order valence-corrected chi connectivity index (χ3v) is 16.6. The Hall–Kier alpha value is -1.59. The van der Waals surface area contributed by atoms with Crippen LogP contribution in [0.5, 0.6) is 0 Å². The molecule has 77 heavy (non-hydrogen) atoms. The molecular weight excluding hydrogens is 949 g/mol. The molecule has 0 aliphatic heterocycles. The zero-order valence-electron chi connectivity index (χ0n) is 52.8. The van der Waals surface area contributed by atoms with Gasteiger partial charge < -0.3 is 14.2 Å². The Kier molecular flexibility index (Phi) is 65.5. The first kappa shape index (κ1) is 75.4. The molecule has 0 amide bonds. The first-order valence-corrected chi connectivity index (χ1v) is 35.5. The molecule has 0 saturated carbocycles. The molecule has 0 aromatic carbocycles. The van der Waals surface area contributed by atoms with Gasteiger partial charge in [0.2, 0.25) is 0 Å². The summed E-state index contributed by atoms with van der Waals surface area (Å²) in [6.07, 6.45) is 78.5. The summed E-state index contributed by atoms with van der Waals surface area (Å²) in [6.45, 7) is 6.74. The van der Waals surface area contributed by atoms with Gasteiger partial charge in [0.25, 0.3) is 0 Å². The van der Waals surface area contributed by atoms with Crippen LogP contribution in [0.15, 0.2) is 0 Å². The quantitative estimate of drug-likeness (QED) is 0.0343. The highest BCUT2D eigenvalue weighted by molar-refractivity contribution is 5.71. The maximum absolute atomic E-state index is 12.9. The monoisotopic (exact) mass is 1090 g/mol. The molecule has 0 fully saturated rings. The number of hydrogen-bond donors (Lipinski definition) is 0. The van der Waals surface area contributed by atoms with E-state index in [1.807, 2.05) is 0 Å². The lowest BCUT2D eigenvalue weighted by atomic mass is 10.0. The Balaban J connectivity index is 4.16. The molecule has 0 saturated heterocycles. The molecule has 0 aliphatic carbocycles. The lowest BCUT2D eigenvalue weighted by Crippen LogP contribution is -2.30. The Morgan fingerprint density at radius 1 is 0.208 bits per heavy atom. The van der Waals surface area contributed by atoms with Crippen molar-refractivity contribution in [1.29, 1.82) is 0 Å². The van der Waals surface area contributed by atoms with E-state index >= 15 is 0 Å². The van der Waals surface area contributed by atoms with Gasteiger partial charge in [-0.15, -0.1) is 0 Å². The first-order chi connectivity index (χ1) is 38.0. The molecule has 0 aromatic heterocycles. The SMILES string of the molecule is CCCCCCCCCCCCCCCCCCCCCCCCCCCC(=O)OCC(COC(=O)CCCCCCCCCCCCCC)OC(=O)CCCCCCCCCCCCCCCCCCCCCCCC. The van der Waals surface area contributed by atoms with Crippen molar-refractivity contribution < 1.29 is 28.6 Å². The number of ether oxygens (including phenoxy) is 3. The number of carbonyl (C=O) groups excluding carboxylic acids is 3. The number of unbranched alkanes of at least 4 members (excludes halogenated alkanes) is 56. The van der Waals surface area contributed by atoms with Crippen molar-refractivity contribution >= 4 is 17.9 Å². The van der Waals surface area contributed by atoms with Crippen LogP contribution in [0.1, 0.15) is 419 Å². The van der Waals surface area contributed by atoms with Crippen LogP contribution in [0, 0.1) is 0 Å². The van der Waals surface area contributed by atoms with Crippen LogP contribution in [0.3, 0.4) is 0 Å². The van der Waals surface area contributed by atoms with E-state index in [9.17, 15) is 14.4 Å². The molecular formula is C71H138O6. The summed E-state index contributed by atoms with van der Waals surface area (Å²) >= 11 is 0. The van der Waals surface area contributed by atoms with E-state index < -0.39 is 6.10 Å². The zero-order chi connectivity index (χ0) is 55.7. The highest BCUT2D eigenvalue weighted by Crippen LogP contribution is 2.19. The van der Waals surface area contributed by atoms with Crippen LogP contribution in [-0.4, -0.2) is 37.2 Å². The highest BCUT2D eigenvalue weighted by atomic mass is 16.6. The van der Waals surface area contributed by atoms with Gasteiger partial charge in [0.1, 0.15) is 13.2 Å². The second-order valence-corrected chi connectivity index (χ2v) is 24.5. The second kappa shape index (κ2) is 66.9. The Bertz CT molecular complexity index is 1160. The average molecular weight is 1090 g/mol. The number of esters is 3. The maximum Gasteiger partial charge on any atom is 0.306 e. The molecule has 0 bridgehead atoms. The maximum atomic E-state index is 12.9. The second-order valence-electron chi connectivity index (χ2n) is 24.5. The van der Waals surface area contributed by atoms with E-state index in [0.29, 0.717) is 19.3 Å². The van der Waals surface area contributed by atoms with Gasteiger partial charge in [-0.3, -0.25) is 14.4 Å². The van der Waals surface area contributed by atoms with E-state index in [0.717, 1.165) is 57.8 Å². The van der Waals surface area contributed by atoms with Crippen LogP contribution >= 0.6 is 0 Å². The molecule has 1 unspecified atom stereocenters. The smallest absolute Gasteiger partial charge is 0.306 e. The van der Waals surface area contributed by atoms with Crippen molar-refractivity contribution in [1.82, 2.24) is 0 Å². The number of rotatable bonds is 67. The molecule has 0 radical (unpaired) electrons. The highest BCUT2D eigenvalue weighted by Gasteiger charge is 2.19. The van der Waals surface area contributed by atoms with E-state index in [4.69, 9.17) is 14.2 Å². The topological polar surface area (TPSA) is 78.9 Å². The van der Waals surface area contributed by atoms with Gasteiger partial charge in [0, 0.05) is 19.3 Å². The summed E-state index contributed by atoms with van der Waals surface area (Å²) in [6, 6.07) is 0. The normalized spacial score (nSPS) is 11.9. The van der Waals surface area contributed by atoms with Crippen LogP contribution in [0.4, 0.5) is 0 Å². The standard InChI is InChI=1S/C71H138O6/c1-4-7-10-13-16-19-22-25-27-29-31-33-35-36-37-39-40-42-44-46-49-52-55-58-61-64-70(73)76-67-68(66-75-69(72)63-60-57-54-51-48-24-21-18-15-12-9-6-3)77-71(74)65-62-59-56-53-50-47-45-43-41-38-34-32-30-28-26-23-20-17-14-11-8-5-2/h68H,4-67H2,1-3H3. The van der Waals surface area contributed by atoms with Gasteiger partial charge in [0.15, 0.2) is 6.10 Å². The molecule has 0 aliphatic rings. The molecule has 6 nitrogen and oxygen atoms in total. The van der Waals surface area contributed by atoms with Gasteiger partial charge in [-0.1, -0.05) is 380 Å². The summed E-state index contributed by atoms with van der Waals surface area (Å²) < 4.78 is 17.0. The third kappa shape index (κ3) is 65.1. The van der Waals surface area contributed by atoms with Crippen molar-refractivity contribution in [2.24, 2.45) is 0 Å². The summed E-state index contributed by atoms with van der Waals surface area (Å²) in [5.41, 5.74) is 0. The minimum atomic E-state index is -0.763. The van der Waals surface area contributed by atoms with Gasteiger partial charge >= 0.3 is 17.9 Å². The van der Waals surface area contributed by atoms with Gasteiger partial charge in [-0.25, -0.2) is 0 Å². The molecule has 6 heteroatoms. The van der Waals surface area contributed by atoms with E-state index in [1.165, 1.54) is 321 Å². The molecule has 0 N–H and O–H groups in total. The van der Waals surface area contributed by atoms with E-state index in [2.05, 4.69) is 20.8 Å². The molecule has 0 spiro atoms. The molecule has 458 valence electrons. The fraction of sp³-hybridized carbons (Fsp3) is 0.958. The van der Waals surface area contributed by atoms with Gasteiger partial charge in [-0.2, -0.15) is 0 Å². The number of carbonyl (C=O) groups is 3. The summed E-state index contributed by atoms with van der Waals surface area (Å²) in [5.74, 6) is -0.821. The Morgan fingerprint density at radius 3 is 0.519 bits per heavy atom. The zero-order valence-corrected chi connectivity index (χ0v) is 52.8. The number of hydrogen-bond acceptors (Lipinski definition) is 6. The van der Waals surface area contributed by atoms with E-state index in [-0.39, 0.29) is 31.1 Å². The lowest BCUT2D eigenvalue weighted by molar-refractivity contribution is -0.167. The molecule has 1 atom stereocenters. The summed E-state index contributed by atoms with van der Waals surface area (Å²) in [7, 11) is 0. The largest absolute Gasteiger partial charge is 0.462 e. The molecule has 0 heterocycles. The first-order valence-electron chi connectivity index (χ1n) is 35.5. The minimum Gasteiger partial charge on any atom is -0.462 e. The summed E-state index contributed by atoms with van der Waals surface area (Å²) in [4.78, 5) is 38.4. The van der Waals surface area contributed by atoms with Crippen LogP contribution in [0.25, 0.3) is 0 Å². The van der Waals surface area contributed by atoms with Crippen LogP contribution < -0.4 is 0 Å². The molecule has 0 aromatic rings. The summed E-state index contributed by atoms with van der Waals surface area (Å²) in [5, 5.41) is 0. The average Bonchev–Trinajstić information content (AvgIpc) is 3.43. The fourth-order valence-electron chi connectivity index (χ4n) is 11.3. The van der Waals surface area contributed by atoms with Gasteiger partial charge in [0.05, 0.1) is 0 Å². The predicted octanol–water partition coefficient (Wildman–Crippen LogP) is 24.2.